The SMILES string of the molecule is Cc1cc(C(N)CS(=O)(=O)N(C)C)ccc1F. The summed E-state index contributed by atoms with van der Waals surface area (Å²) in [6.45, 7) is 1.62. The van der Waals surface area contributed by atoms with Gasteiger partial charge in [0.15, 0.2) is 0 Å². The number of benzene rings is 1. The summed E-state index contributed by atoms with van der Waals surface area (Å²) < 4.78 is 37.5. The third-order valence-electron chi connectivity index (χ3n) is 2.56. The van der Waals surface area contributed by atoms with Gasteiger partial charge in [0.1, 0.15) is 5.82 Å². The third kappa shape index (κ3) is 3.49. The molecule has 1 aromatic carbocycles. The van der Waals surface area contributed by atoms with E-state index in [1.54, 1.807) is 13.0 Å². The third-order valence-corrected chi connectivity index (χ3v) is 4.45. The molecule has 0 aliphatic rings. The highest BCUT2D eigenvalue weighted by Crippen LogP contribution is 2.17. The first-order chi connectivity index (χ1) is 7.74. The van der Waals surface area contributed by atoms with Crippen molar-refractivity contribution in [3.05, 3.63) is 35.1 Å². The van der Waals surface area contributed by atoms with Crippen molar-refractivity contribution in [1.29, 1.82) is 0 Å². The van der Waals surface area contributed by atoms with E-state index in [-0.39, 0.29) is 11.6 Å². The fourth-order valence-electron chi connectivity index (χ4n) is 1.37. The number of sulfonamides is 1. The van der Waals surface area contributed by atoms with Crippen LogP contribution in [0.3, 0.4) is 0 Å². The summed E-state index contributed by atoms with van der Waals surface area (Å²) in [5.74, 6) is -0.512. The lowest BCUT2D eigenvalue weighted by atomic mass is 10.1. The molecule has 0 saturated heterocycles. The highest BCUT2D eigenvalue weighted by Gasteiger charge is 2.20. The second-order valence-electron chi connectivity index (χ2n) is 4.18. The summed E-state index contributed by atoms with van der Waals surface area (Å²) in [5, 5.41) is 0. The summed E-state index contributed by atoms with van der Waals surface area (Å²) in [5.41, 5.74) is 6.89. The molecule has 0 saturated carbocycles. The van der Waals surface area contributed by atoms with Crippen molar-refractivity contribution in [2.45, 2.75) is 13.0 Å². The number of rotatable bonds is 4. The van der Waals surface area contributed by atoms with Crippen LogP contribution in [0.15, 0.2) is 18.2 Å². The van der Waals surface area contributed by atoms with Crippen LogP contribution in [0.5, 0.6) is 0 Å². The molecule has 4 nitrogen and oxygen atoms in total. The number of hydrogen-bond donors (Lipinski definition) is 1. The zero-order valence-electron chi connectivity index (χ0n) is 10.1. The van der Waals surface area contributed by atoms with Crippen molar-refractivity contribution in [2.75, 3.05) is 19.8 Å². The minimum Gasteiger partial charge on any atom is -0.323 e. The Bertz CT molecular complexity index is 500. The monoisotopic (exact) mass is 260 g/mol. The van der Waals surface area contributed by atoms with Crippen molar-refractivity contribution < 1.29 is 12.8 Å². The molecule has 0 spiro atoms. The number of hydrogen-bond acceptors (Lipinski definition) is 3. The zero-order chi connectivity index (χ0) is 13.2. The van der Waals surface area contributed by atoms with Gasteiger partial charge in [-0.1, -0.05) is 12.1 Å². The highest BCUT2D eigenvalue weighted by molar-refractivity contribution is 7.89. The van der Waals surface area contributed by atoms with E-state index in [9.17, 15) is 12.8 Å². The molecule has 1 aromatic rings. The fraction of sp³-hybridized carbons (Fsp3) is 0.455. The predicted octanol–water partition coefficient (Wildman–Crippen LogP) is 1.03. The Morgan fingerprint density at radius 3 is 2.47 bits per heavy atom. The quantitative estimate of drug-likeness (QED) is 0.879. The molecular weight excluding hydrogens is 243 g/mol. The van der Waals surface area contributed by atoms with Gasteiger partial charge in [-0.05, 0) is 24.1 Å². The number of nitrogens with zero attached hydrogens (tertiary/aromatic N) is 1. The van der Waals surface area contributed by atoms with Gasteiger partial charge >= 0.3 is 0 Å². The zero-order valence-corrected chi connectivity index (χ0v) is 11.0. The minimum atomic E-state index is -3.35. The molecule has 17 heavy (non-hydrogen) atoms. The van der Waals surface area contributed by atoms with Crippen LogP contribution in [0.4, 0.5) is 4.39 Å². The van der Waals surface area contributed by atoms with Crippen LogP contribution in [0.1, 0.15) is 17.2 Å². The molecule has 0 aromatic heterocycles. The normalized spacial score (nSPS) is 14.0. The van der Waals surface area contributed by atoms with Gasteiger partial charge in [0, 0.05) is 20.1 Å². The molecule has 96 valence electrons. The van der Waals surface area contributed by atoms with Gasteiger partial charge in [-0.3, -0.25) is 0 Å². The van der Waals surface area contributed by atoms with Crippen molar-refractivity contribution >= 4 is 10.0 Å². The summed E-state index contributed by atoms with van der Waals surface area (Å²) in [6, 6.07) is 3.73. The van der Waals surface area contributed by atoms with Gasteiger partial charge in [-0.25, -0.2) is 17.1 Å². The Morgan fingerprint density at radius 1 is 1.41 bits per heavy atom. The van der Waals surface area contributed by atoms with Gasteiger partial charge in [0.2, 0.25) is 10.0 Å². The first-order valence-electron chi connectivity index (χ1n) is 5.16. The van der Waals surface area contributed by atoms with Crippen LogP contribution in [-0.2, 0) is 10.0 Å². The average Bonchev–Trinajstić information content (AvgIpc) is 2.21. The first-order valence-corrected chi connectivity index (χ1v) is 6.77. The first kappa shape index (κ1) is 14.1. The Kier molecular flexibility index (Phi) is 4.24. The summed E-state index contributed by atoms with van der Waals surface area (Å²) in [6.07, 6.45) is 0. The van der Waals surface area contributed by atoms with E-state index in [0.717, 1.165) is 4.31 Å². The standard InChI is InChI=1S/C11H17FN2O2S/c1-8-6-9(4-5-10(8)12)11(13)7-17(15,16)14(2)3/h4-6,11H,7,13H2,1-3H3. The van der Waals surface area contributed by atoms with E-state index >= 15 is 0 Å². The molecule has 0 aliphatic heterocycles. The van der Waals surface area contributed by atoms with Crippen LogP contribution in [0.2, 0.25) is 0 Å². The van der Waals surface area contributed by atoms with Crippen LogP contribution in [0, 0.1) is 12.7 Å². The summed E-state index contributed by atoms with van der Waals surface area (Å²) in [4.78, 5) is 0. The van der Waals surface area contributed by atoms with E-state index in [0.29, 0.717) is 11.1 Å². The Hall–Kier alpha value is -0.980. The van der Waals surface area contributed by atoms with Gasteiger partial charge in [-0.15, -0.1) is 0 Å². The van der Waals surface area contributed by atoms with Crippen LogP contribution in [0.25, 0.3) is 0 Å². The van der Waals surface area contributed by atoms with Gasteiger partial charge < -0.3 is 5.73 Å². The van der Waals surface area contributed by atoms with E-state index in [2.05, 4.69) is 0 Å². The molecule has 1 rings (SSSR count). The lowest BCUT2D eigenvalue weighted by Gasteiger charge is -2.16. The lowest BCUT2D eigenvalue weighted by Crippen LogP contribution is -2.31. The Labute approximate surface area is 101 Å². The van der Waals surface area contributed by atoms with Gasteiger partial charge in [-0.2, -0.15) is 0 Å². The van der Waals surface area contributed by atoms with E-state index in [1.165, 1.54) is 26.2 Å². The van der Waals surface area contributed by atoms with Crippen molar-refractivity contribution in [3.8, 4) is 0 Å². The van der Waals surface area contributed by atoms with Crippen molar-refractivity contribution in [1.82, 2.24) is 4.31 Å². The smallest absolute Gasteiger partial charge is 0.215 e. The maximum absolute atomic E-state index is 13.1. The van der Waals surface area contributed by atoms with Crippen LogP contribution >= 0.6 is 0 Å². The Morgan fingerprint density at radius 2 is 2.00 bits per heavy atom. The molecule has 0 radical (unpaired) electrons. The number of halogens is 1. The molecule has 1 atom stereocenters. The number of nitrogens with two attached hydrogens (primary N) is 1. The van der Waals surface area contributed by atoms with Crippen molar-refractivity contribution in [2.24, 2.45) is 5.73 Å². The fourth-order valence-corrected chi connectivity index (χ4v) is 2.32. The highest BCUT2D eigenvalue weighted by atomic mass is 32.2. The molecule has 0 aliphatic carbocycles. The van der Waals surface area contributed by atoms with Gasteiger partial charge in [0.25, 0.3) is 0 Å². The topological polar surface area (TPSA) is 63.4 Å². The number of aryl methyl sites for hydroxylation is 1. The molecule has 1 unspecified atom stereocenters. The molecular formula is C11H17FN2O2S. The van der Waals surface area contributed by atoms with E-state index < -0.39 is 16.1 Å². The van der Waals surface area contributed by atoms with Gasteiger partial charge in [0.05, 0.1) is 5.75 Å². The lowest BCUT2D eigenvalue weighted by molar-refractivity contribution is 0.514. The van der Waals surface area contributed by atoms with Crippen LogP contribution < -0.4 is 5.73 Å². The largest absolute Gasteiger partial charge is 0.323 e. The molecule has 2 N–H and O–H groups in total. The molecule has 0 bridgehead atoms. The van der Waals surface area contributed by atoms with E-state index in [1.807, 2.05) is 0 Å². The molecule has 0 heterocycles. The second-order valence-corrected chi connectivity index (χ2v) is 6.40. The van der Waals surface area contributed by atoms with Crippen LogP contribution in [-0.4, -0.2) is 32.6 Å². The minimum absolute atomic E-state index is 0.189. The molecule has 0 fully saturated rings. The molecule has 0 amide bonds. The maximum atomic E-state index is 13.1. The molecule has 6 heteroatoms. The summed E-state index contributed by atoms with van der Waals surface area (Å²) in [7, 11) is -0.441. The van der Waals surface area contributed by atoms with Crippen molar-refractivity contribution in [3.63, 3.8) is 0 Å². The van der Waals surface area contributed by atoms with E-state index in [4.69, 9.17) is 5.73 Å². The summed E-state index contributed by atoms with van der Waals surface area (Å²) >= 11 is 0. The second kappa shape index (κ2) is 5.12. The Balaban J connectivity index is 2.91. The predicted molar refractivity (Wildman–Crippen MR) is 65.5 cm³/mol. The average molecular weight is 260 g/mol. The maximum Gasteiger partial charge on any atom is 0.215 e.